The number of benzene rings is 2. The minimum Gasteiger partial charge on any atom is -0.198 e. The van der Waals surface area contributed by atoms with Crippen LogP contribution in [0.4, 0.5) is 0 Å². The van der Waals surface area contributed by atoms with E-state index >= 15 is 0 Å². The van der Waals surface area contributed by atoms with Gasteiger partial charge in [0.2, 0.25) is 0 Å². The number of nitrogens with zero attached hydrogens (tertiary/aromatic N) is 2. The molecule has 19 heavy (non-hydrogen) atoms. The molecule has 1 atom stereocenters. The van der Waals surface area contributed by atoms with Gasteiger partial charge in [-0.25, -0.2) is 0 Å². The Balaban J connectivity index is 2.24. The number of halogens is 1. The quantitative estimate of drug-likeness (QED) is 0.806. The fraction of sp³-hybridized carbons (Fsp3) is 0.0769. The summed E-state index contributed by atoms with van der Waals surface area (Å²) in [6, 6.07) is 13.6. The predicted molar refractivity (Wildman–Crippen MR) is 71.8 cm³/mol. The number of sulfonamides is 1. The maximum atomic E-state index is 11.9. The van der Waals surface area contributed by atoms with Crippen LogP contribution in [0.1, 0.15) is 17.2 Å². The van der Waals surface area contributed by atoms with Crippen LogP contribution in [0, 0.1) is 0 Å². The summed E-state index contributed by atoms with van der Waals surface area (Å²) in [5.41, 5.74) is 1.44. The first-order chi connectivity index (χ1) is 9.08. The largest absolute Gasteiger partial charge is 0.299 e. The van der Waals surface area contributed by atoms with E-state index in [0.717, 1.165) is 5.56 Å². The molecule has 96 valence electrons. The first kappa shape index (κ1) is 12.3. The van der Waals surface area contributed by atoms with E-state index in [2.05, 4.69) is 9.63 Å². The molecule has 0 radical (unpaired) electrons. The average Bonchev–Trinajstić information content (AvgIpc) is 2.39. The third-order valence-electron chi connectivity index (χ3n) is 2.93. The Labute approximate surface area is 115 Å². The van der Waals surface area contributed by atoms with E-state index in [-0.39, 0.29) is 4.90 Å². The molecular weight excluding hydrogens is 284 g/mol. The molecule has 1 aliphatic heterocycles. The zero-order valence-electron chi connectivity index (χ0n) is 9.69. The van der Waals surface area contributed by atoms with Gasteiger partial charge >= 0.3 is 0 Å². The van der Waals surface area contributed by atoms with Gasteiger partial charge in [-0.1, -0.05) is 46.5 Å². The second-order valence-corrected chi connectivity index (χ2v) is 6.16. The van der Waals surface area contributed by atoms with Crippen molar-refractivity contribution < 1.29 is 8.42 Å². The number of hydrogen-bond acceptors (Lipinski definition) is 3. The van der Waals surface area contributed by atoms with Crippen molar-refractivity contribution in [1.82, 2.24) is 0 Å². The van der Waals surface area contributed by atoms with E-state index in [9.17, 15) is 8.42 Å². The third kappa shape index (κ3) is 2.15. The van der Waals surface area contributed by atoms with Crippen molar-refractivity contribution in [2.45, 2.75) is 10.9 Å². The molecule has 1 heterocycles. The van der Waals surface area contributed by atoms with Crippen LogP contribution in [-0.2, 0) is 10.0 Å². The lowest BCUT2D eigenvalue weighted by atomic mass is 9.99. The lowest BCUT2D eigenvalue weighted by molar-refractivity contribution is 0.584. The molecule has 0 saturated carbocycles. The van der Waals surface area contributed by atoms with Crippen molar-refractivity contribution in [1.29, 1.82) is 0 Å². The van der Waals surface area contributed by atoms with Gasteiger partial charge in [0.25, 0.3) is 10.0 Å². The van der Waals surface area contributed by atoms with Gasteiger partial charge in [0.1, 0.15) is 6.04 Å². The van der Waals surface area contributed by atoms with Crippen molar-refractivity contribution in [3.05, 3.63) is 64.7 Å². The number of fused-ring (bicyclic) bond motifs is 1. The molecule has 1 aliphatic rings. The van der Waals surface area contributed by atoms with Crippen LogP contribution in [0.25, 0.3) is 0 Å². The van der Waals surface area contributed by atoms with Crippen LogP contribution < -0.4 is 0 Å². The van der Waals surface area contributed by atoms with E-state index in [1.807, 2.05) is 30.3 Å². The average molecular weight is 293 g/mol. The first-order valence-corrected chi connectivity index (χ1v) is 7.41. The smallest absolute Gasteiger partial charge is 0.198 e. The minimum atomic E-state index is -3.70. The normalized spacial score (nSPS) is 19.9. The second kappa shape index (κ2) is 4.43. The molecule has 0 N–H and O–H groups in total. The summed E-state index contributed by atoms with van der Waals surface area (Å²) < 4.78 is 27.2. The van der Waals surface area contributed by atoms with E-state index in [0.29, 0.717) is 10.6 Å². The Morgan fingerprint density at radius 3 is 2.53 bits per heavy atom. The molecule has 0 bridgehead atoms. The van der Waals surface area contributed by atoms with Gasteiger partial charge in [-0.2, -0.15) is 13.5 Å². The van der Waals surface area contributed by atoms with Crippen molar-refractivity contribution in [2.75, 3.05) is 0 Å². The van der Waals surface area contributed by atoms with Gasteiger partial charge in [-0.05, 0) is 23.8 Å². The summed E-state index contributed by atoms with van der Waals surface area (Å²) in [7, 11) is -3.70. The van der Waals surface area contributed by atoms with Crippen LogP contribution in [0.15, 0.2) is 63.1 Å². The summed E-state index contributed by atoms with van der Waals surface area (Å²) in [4.78, 5) is 0.167. The molecule has 0 aromatic heterocycles. The second-order valence-electron chi connectivity index (χ2n) is 4.17. The van der Waals surface area contributed by atoms with Gasteiger partial charge in [0.15, 0.2) is 0 Å². The fourth-order valence-electron chi connectivity index (χ4n) is 2.06. The molecule has 4 nitrogen and oxygen atoms in total. The van der Waals surface area contributed by atoms with E-state index in [1.165, 1.54) is 6.07 Å². The van der Waals surface area contributed by atoms with Gasteiger partial charge < -0.3 is 0 Å². The van der Waals surface area contributed by atoms with E-state index in [4.69, 9.17) is 11.6 Å². The highest BCUT2D eigenvalue weighted by atomic mass is 35.5. The molecule has 1 unspecified atom stereocenters. The Bertz CT molecular complexity index is 757. The molecule has 3 rings (SSSR count). The maximum Gasteiger partial charge on any atom is 0.299 e. The highest BCUT2D eigenvalue weighted by Gasteiger charge is 2.29. The molecule has 6 heteroatoms. The van der Waals surface area contributed by atoms with Gasteiger partial charge in [0.05, 0.1) is 4.90 Å². The molecule has 0 saturated heterocycles. The number of hydrogen-bond donors (Lipinski definition) is 0. The van der Waals surface area contributed by atoms with E-state index < -0.39 is 16.1 Å². The monoisotopic (exact) mass is 292 g/mol. The van der Waals surface area contributed by atoms with E-state index in [1.54, 1.807) is 12.1 Å². The number of rotatable bonds is 1. The molecule has 2 aromatic carbocycles. The molecule has 2 aromatic rings. The van der Waals surface area contributed by atoms with Crippen LogP contribution in [0.3, 0.4) is 0 Å². The lowest BCUT2D eigenvalue weighted by Crippen LogP contribution is -2.11. The minimum absolute atomic E-state index is 0.167. The van der Waals surface area contributed by atoms with Crippen LogP contribution in [0.5, 0.6) is 0 Å². The molecule has 0 aliphatic carbocycles. The standard InChI is InChI=1S/C13H9ClN2O2S/c14-10-6-7-12-11(8-10)13(15-16-19(12,17)18)9-4-2-1-3-5-9/h1-8,13H. The first-order valence-electron chi connectivity index (χ1n) is 5.59. The summed E-state index contributed by atoms with van der Waals surface area (Å²) in [6.45, 7) is 0. The van der Waals surface area contributed by atoms with Crippen LogP contribution >= 0.6 is 11.6 Å². The van der Waals surface area contributed by atoms with Crippen molar-refractivity contribution >= 4 is 21.6 Å². The summed E-state index contributed by atoms with van der Waals surface area (Å²) in [5.74, 6) is 0. The van der Waals surface area contributed by atoms with Crippen molar-refractivity contribution in [3.8, 4) is 0 Å². The van der Waals surface area contributed by atoms with Crippen molar-refractivity contribution in [2.24, 2.45) is 9.63 Å². The third-order valence-corrected chi connectivity index (χ3v) is 4.40. The fourth-order valence-corrected chi connectivity index (χ4v) is 3.26. The SMILES string of the molecule is O=S1(=O)N=NC(c2ccccc2)c2cc(Cl)ccc21. The van der Waals surface area contributed by atoms with Crippen LogP contribution in [-0.4, -0.2) is 8.42 Å². The topological polar surface area (TPSA) is 58.9 Å². The summed E-state index contributed by atoms with van der Waals surface area (Å²) in [5, 5.41) is 4.39. The molecule has 0 spiro atoms. The highest BCUT2D eigenvalue weighted by Crippen LogP contribution is 2.37. The van der Waals surface area contributed by atoms with Crippen molar-refractivity contribution in [3.63, 3.8) is 0 Å². The Kier molecular flexibility index (Phi) is 2.88. The van der Waals surface area contributed by atoms with Gasteiger partial charge in [-0.15, -0.1) is 0 Å². The highest BCUT2D eigenvalue weighted by molar-refractivity contribution is 7.90. The summed E-state index contributed by atoms with van der Waals surface area (Å²) in [6.07, 6.45) is 0. The predicted octanol–water partition coefficient (Wildman–Crippen LogP) is 3.58. The molecular formula is C13H9ClN2O2S. The molecule has 0 fully saturated rings. The lowest BCUT2D eigenvalue weighted by Gasteiger charge is -2.19. The zero-order valence-corrected chi connectivity index (χ0v) is 11.3. The zero-order chi connectivity index (χ0) is 13.5. The Hall–Kier alpha value is -1.72. The van der Waals surface area contributed by atoms with Gasteiger partial charge in [-0.3, -0.25) is 0 Å². The maximum absolute atomic E-state index is 11.9. The Morgan fingerprint density at radius 1 is 1.05 bits per heavy atom. The Morgan fingerprint density at radius 2 is 1.79 bits per heavy atom. The molecule has 0 amide bonds. The van der Waals surface area contributed by atoms with Gasteiger partial charge in [0, 0.05) is 10.6 Å². The summed E-state index contributed by atoms with van der Waals surface area (Å²) >= 11 is 5.96. The van der Waals surface area contributed by atoms with Crippen LogP contribution in [0.2, 0.25) is 5.02 Å².